The molecule has 0 bridgehead atoms. The van der Waals surface area contributed by atoms with Gasteiger partial charge in [-0.25, -0.2) is 8.78 Å². The first-order valence-corrected chi connectivity index (χ1v) is 5.08. The maximum absolute atomic E-state index is 13.1. The van der Waals surface area contributed by atoms with Crippen molar-refractivity contribution in [3.05, 3.63) is 34.4 Å². The Labute approximate surface area is 89.0 Å². The molecule has 13 heavy (non-hydrogen) atoms. The molecule has 1 atom stereocenters. The average Bonchev–Trinajstić information content (AvgIpc) is 2.05. The number of alkyl halides is 1. The molecule has 0 amide bonds. The molecule has 0 saturated heterocycles. The van der Waals surface area contributed by atoms with Crippen molar-refractivity contribution in [2.45, 2.75) is 18.2 Å². The minimum Gasteiger partial charge on any atom is -0.207 e. The molecule has 4 heteroatoms. The molecule has 0 radical (unpaired) electrons. The Morgan fingerprint density at radius 2 is 1.92 bits per heavy atom. The quantitative estimate of drug-likeness (QED) is 0.563. The molecule has 1 rings (SSSR count). The smallest absolute Gasteiger partial charge is 0.142 e. The van der Waals surface area contributed by atoms with Crippen LogP contribution in [-0.4, -0.2) is 4.83 Å². The molecular weight excluding hydrogens is 261 g/mol. The van der Waals surface area contributed by atoms with Crippen molar-refractivity contribution in [2.75, 3.05) is 0 Å². The van der Waals surface area contributed by atoms with Gasteiger partial charge in [-0.1, -0.05) is 34.5 Å². The van der Waals surface area contributed by atoms with Gasteiger partial charge in [-0.2, -0.15) is 0 Å². The third-order valence-electron chi connectivity index (χ3n) is 1.62. The third kappa shape index (κ3) is 2.64. The van der Waals surface area contributed by atoms with Gasteiger partial charge in [0, 0.05) is 10.4 Å². The normalized spacial score (nSPS) is 13.0. The molecule has 72 valence electrons. The maximum atomic E-state index is 13.1. The fraction of sp³-hybridized carbons (Fsp3) is 0.333. The van der Waals surface area contributed by atoms with Gasteiger partial charge in [0.1, 0.15) is 11.6 Å². The first kappa shape index (κ1) is 10.9. The largest absolute Gasteiger partial charge is 0.207 e. The van der Waals surface area contributed by atoms with Crippen LogP contribution in [0.4, 0.5) is 8.78 Å². The van der Waals surface area contributed by atoms with Gasteiger partial charge in [0.15, 0.2) is 0 Å². The Morgan fingerprint density at radius 1 is 1.38 bits per heavy atom. The number of benzene rings is 1. The van der Waals surface area contributed by atoms with E-state index in [1.165, 1.54) is 0 Å². The highest BCUT2D eigenvalue weighted by atomic mass is 79.9. The van der Waals surface area contributed by atoms with E-state index in [1.54, 1.807) is 0 Å². The van der Waals surface area contributed by atoms with E-state index in [9.17, 15) is 8.78 Å². The Morgan fingerprint density at radius 3 is 2.46 bits per heavy atom. The molecule has 0 nitrogen and oxygen atoms in total. The highest BCUT2D eigenvalue weighted by Crippen LogP contribution is 2.25. The summed E-state index contributed by atoms with van der Waals surface area (Å²) in [6.45, 7) is 1.85. The molecule has 0 saturated carbocycles. The fourth-order valence-electron chi connectivity index (χ4n) is 1.04. The Kier molecular flexibility index (Phi) is 3.68. The van der Waals surface area contributed by atoms with Crippen LogP contribution >= 0.6 is 27.5 Å². The van der Waals surface area contributed by atoms with E-state index in [4.69, 9.17) is 11.6 Å². The topological polar surface area (TPSA) is 0 Å². The second kappa shape index (κ2) is 4.38. The lowest BCUT2D eigenvalue weighted by atomic mass is 10.1. The SMILES string of the molecule is CC(Br)Cc1c(F)ccc(F)c1Cl. The summed E-state index contributed by atoms with van der Waals surface area (Å²) in [5, 5.41) is -0.119. The standard InChI is InChI=1S/C9H8BrClF2/c1-5(10)4-6-7(12)2-3-8(13)9(6)11/h2-3,5H,4H2,1H3. The molecule has 0 aromatic heterocycles. The van der Waals surface area contributed by atoms with Gasteiger partial charge in [0.05, 0.1) is 5.02 Å². The molecule has 0 aliphatic carbocycles. The summed E-state index contributed by atoms with van der Waals surface area (Å²) in [6.07, 6.45) is 0.377. The van der Waals surface area contributed by atoms with Crippen LogP contribution in [0.15, 0.2) is 12.1 Å². The molecule has 1 aromatic carbocycles. The molecule has 0 fully saturated rings. The predicted octanol–water partition coefficient (Wildman–Crippen LogP) is 3.94. The second-order valence-electron chi connectivity index (χ2n) is 2.81. The lowest BCUT2D eigenvalue weighted by Gasteiger charge is -2.07. The Balaban J connectivity index is 3.10. The van der Waals surface area contributed by atoms with Crippen LogP contribution in [0.2, 0.25) is 5.02 Å². The summed E-state index contributed by atoms with van der Waals surface area (Å²) < 4.78 is 26.0. The molecule has 0 N–H and O–H groups in total. The van der Waals surface area contributed by atoms with Gasteiger partial charge in [0.25, 0.3) is 0 Å². The fourth-order valence-corrected chi connectivity index (χ4v) is 1.59. The summed E-state index contributed by atoms with van der Waals surface area (Å²) in [6, 6.07) is 2.12. The minimum absolute atomic E-state index is 0.0706. The first-order valence-electron chi connectivity index (χ1n) is 3.79. The van der Waals surface area contributed by atoms with E-state index in [0.717, 1.165) is 12.1 Å². The highest BCUT2D eigenvalue weighted by molar-refractivity contribution is 9.09. The van der Waals surface area contributed by atoms with Crippen LogP contribution in [-0.2, 0) is 6.42 Å². The first-order chi connectivity index (χ1) is 6.02. The van der Waals surface area contributed by atoms with E-state index < -0.39 is 11.6 Å². The van der Waals surface area contributed by atoms with Crippen molar-refractivity contribution < 1.29 is 8.78 Å². The zero-order chi connectivity index (χ0) is 10.0. The van der Waals surface area contributed by atoms with Crippen molar-refractivity contribution >= 4 is 27.5 Å². The summed E-state index contributed by atoms with van der Waals surface area (Å²) in [4.78, 5) is 0.0706. The highest BCUT2D eigenvalue weighted by Gasteiger charge is 2.13. The van der Waals surface area contributed by atoms with Crippen LogP contribution < -0.4 is 0 Å². The maximum Gasteiger partial charge on any atom is 0.142 e. The van der Waals surface area contributed by atoms with Gasteiger partial charge >= 0.3 is 0 Å². The molecule has 1 unspecified atom stereocenters. The number of rotatable bonds is 2. The lowest BCUT2D eigenvalue weighted by molar-refractivity contribution is 0.585. The zero-order valence-electron chi connectivity index (χ0n) is 6.95. The van der Waals surface area contributed by atoms with Gasteiger partial charge in [-0.3, -0.25) is 0 Å². The molecule has 0 aliphatic rings. The van der Waals surface area contributed by atoms with Gasteiger partial charge in [0.2, 0.25) is 0 Å². The van der Waals surface area contributed by atoms with E-state index in [0.29, 0.717) is 6.42 Å². The van der Waals surface area contributed by atoms with Gasteiger partial charge in [-0.15, -0.1) is 0 Å². The van der Waals surface area contributed by atoms with E-state index in [-0.39, 0.29) is 15.4 Å². The number of hydrogen-bond donors (Lipinski definition) is 0. The van der Waals surface area contributed by atoms with Crippen LogP contribution in [0.1, 0.15) is 12.5 Å². The van der Waals surface area contributed by atoms with Crippen molar-refractivity contribution in [2.24, 2.45) is 0 Å². The summed E-state index contributed by atoms with van der Waals surface area (Å²) in [5.74, 6) is -1.04. The molecule has 0 spiro atoms. The van der Waals surface area contributed by atoms with E-state index in [2.05, 4.69) is 15.9 Å². The van der Waals surface area contributed by atoms with Crippen LogP contribution in [0.25, 0.3) is 0 Å². The van der Waals surface area contributed by atoms with Crippen molar-refractivity contribution in [1.29, 1.82) is 0 Å². The second-order valence-corrected chi connectivity index (χ2v) is 4.75. The van der Waals surface area contributed by atoms with Gasteiger partial charge < -0.3 is 0 Å². The minimum atomic E-state index is -0.578. The number of halogens is 4. The number of hydrogen-bond acceptors (Lipinski definition) is 0. The monoisotopic (exact) mass is 268 g/mol. The molecule has 0 heterocycles. The third-order valence-corrected chi connectivity index (χ3v) is 2.36. The predicted molar refractivity (Wildman–Crippen MR) is 53.5 cm³/mol. The Hall–Kier alpha value is -0.150. The summed E-state index contributed by atoms with van der Waals surface area (Å²) in [5.41, 5.74) is 0.228. The molecule has 1 aromatic rings. The zero-order valence-corrected chi connectivity index (χ0v) is 9.29. The van der Waals surface area contributed by atoms with Crippen molar-refractivity contribution in [1.82, 2.24) is 0 Å². The lowest BCUT2D eigenvalue weighted by Crippen LogP contribution is -2.01. The van der Waals surface area contributed by atoms with Crippen LogP contribution in [0, 0.1) is 11.6 Å². The Bertz CT molecular complexity index is 313. The summed E-state index contributed by atoms with van der Waals surface area (Å²) >= 11 is 8.86. The molecular formula is C9H8BrClF2. The van der Waals surface area contributed by atoms with E-state index >= 15 is 0 Å². The average molecular weight is 270 g/mol. The molecule has 0 aliphatic heterocycles. The van der Waals surface area contributed by atoms with Gasteiger partial charge in [-0.05, 0) is 18.6 Å². The van der Waals surface area contributed by atoms with E-state index in [1.807, 2.05) is 6.92 Å². The van der Waals surface area contributed by atoms with Crippen LogP contribution in [0.3, 0.4) is 0 Å². The van der Waals surface area contributed by atoms with Crippen molar-refractivity contribution in [3.63, 3.8) is 0 Å². The summed E-state index contributed by atoms with van der Waals surface area (Å²) in [7, 11) is 0. The van der Waals surface area contributed by atoms with Crippen molar-refractivity contribution in [3.8, 4) is 0 Å². The van der Waals surface area contributed by atoms with Crippen LogP contribution in [0.5, 0.6) is 0 Å².